The molecule has 3 heteroatoms. The predicted molar refractivity (Wildman–Crippen MR) is 40.6 cm³/mol. The molecule has 0 heterocycles. The van der Waals surface area contributed by atoms with E-state index in [-0.39, 0.29) is 12.4 Å². The number of hydrogen-bond acceptors (Lipinski definition) is 1. The van der Waals surface area contributed by atoms with Crippen molar-refractivity contribution >= 4 is 24.2 Å². The van der Waals surface area contributed by atoms with E-state index in [9.17, 15) is 0 Å². The molecule has 1 nitrogen and oxygen atoms in total. The lowest BCUT2D eigenvalue weighted by Crippen LogP contribution is -2.19. The van der Waals surface area contributed by atoms with Crippen LogP contribution in [0.2, 0.25) is 0 Å². The molecule has 0 aromatic carbocycles. The lowest BCUT2D eigenvalue weighted by atomic mass is 10.4. The maximum Gasteiger partial charge on any atom is 0.0194 e. The average molecular weight is 158 g/mol. The first-order valence-corrected chi connectivity index (χ1v) is 2.94. The largest absolute Gasteiger partial charge is 0.218 e. The smallest absolute Gasteiger partial charge is 0.0194 e. The van der Waals surface area contributed by atoms with Crippen molar-refractivity contribution in [2.75, 3.05) is 6.54 Å². The number of rotatable bonds is 2. The third-order valence-electron chi connectivity index (χ3n) is 0.862. The van der Waals surface area contributed by atoms with Crippen molar-refractivity contribution in [3.8, 4) is 0 Å². The summed E-state index contributed by atoms with van der Waals surface area (Å²) in [5.74, 6) is 0. The molecule has 0 aliphatic carbocycles. The Labute approximate surface area is 62.5 Å². The maximum atomic E-state index is 5.63. The van der Waals surface area contributed by atoms with Crippen molar-refractivity contribution in [1.82, 2.24) is 4.42 Å². The highest BCUT2D eigenvalue weighted by Gasteiger charge is 1.98. The molecular weight excluding hydrogens is 145 g/mol. The van der Waals surface area contributed by atoms with Gasteiger partial charge in [-0.25, -0.2) is 4.42 Å². The van der Waals surface area contributed by atoms with Gasteiger partial charge in [-0.2, -0.15) is 0 Å². The van der Waals surface area contributed by atoms with Gasteiger partial charge in [0.15, 0.2) is 0 Å². The van der Waals surface area contributed by atoms with E-state index in [1.807, 2.05) is 6.92 Å². The maximum absolute atomic E-state index is 5.63. The van der Waals surface area contributed by atoms with Crippen molar-refractivity contribution in [3.63, 3.8) is 0 Å². The standard InChI is InChI=1S/C5H12ClN.ClH/c1-4-7(6)5(2)3;/h5H,4H2,1-3H3;1H. The first-order chi connectivity index (χ1) is 3.18. The molecule has 52 valence electrons. The number of halogens is 2. The normalized spacial score (nSPS) is 9.75. The highest BCUT2D eigenvalue weighted by molar-refractivity contribution is 6.13. The van der Waals surface area contributed by atoms with Gasteiger partial charge in [0, 0.05) is 12.6 Å². The summed E-state index contributed by atoms with van der Waals surface area (Å²) >= 11 is 5.63. The fourth-order valence-corrected chi connectivity index (χ4v) is 0.365. The van der Waals surface area contributed by atoms with Crippen molar-refractivity contribution in [1.29, 1.82) is 0 Å². The minimum Gasteiger partial charge on any atom is -0.218 e. The first-order valence-electron chi connectivity index (χ1n) is 2.61. The molecule has 0 radical (unpaired) electrons. The zero-order chi connectivity index (χ0) is 5.86. The summed E-state index contributed by atoms with van der Waals surface area (Å²) in [7, 11) is 0. The van der Waals surface area contributed by atoms with E-state index >= 15 is 0 Å². The zero-order valence-electron chi connectivity index (χ0n) is 5.52. The molecule has 0 bridgehead atoms. The summed E-state index contributed by atoms with van der Waals surface area (Å²) < 4.78 is 1.76. The van der Waals surface area contributed by atoms with Gasteiger partial charge in [0.2, 0.25) is 0 Å². The predicted octanol–water partition coefficient (Wildman–Crippen LogP) is 2.29. The van der Waals surface area contributed by atoms with E-state index in [0.29, 0.717) is 6.04 Å². The lowest BCUT2D eigenvalue weighted by molar-refractivity contribution is 0.400. The van der Waals surface area contributed by atoms with Crippen molar-refractivity contribution < 1.29 is 0 Å². The summed E-state index contributed by atoms with van der Waals surface area (Å²) in [6.07, 6.45) is 0. The topological polar surface area (TPSA) is 3.24 Å². The Hall–Kier alpha value is 0.540. The highest BCUT2D eigenvalue weighted by atomic mass is 35.5. The third-order valence-corrected chi connectivity index (χ3v) is 1.49. The van der Waals surface area contributed by atoms with Crippen LogP contribution in [0.4, 0.5) is 0 Å². The van der Waals surface area contributed by atoms with Gasteiger partial charge in [-0.1, -0.05) is 6.92 Å². The second-order valence-electron chi connectivity index (χ2n) is 1.81. The molecule has 0 saturated carbocycles. The molecule has 8 heavy (non-hydrogen) atoms. The van der Waals surface area contributed by atoms with E-state index in [2.05, 4.69) is 13.8 Å². The van der Waals surface area contributed by atoms with Crippen LogP contribution in [0.25, 0.3) is 0 Å². The molecule has 0 unspecified atom stereocenters. The summed E-state index contributed by atoms with van der Waals surface area (Å²) in [5.41, 5.74) is 0. The second kappa shape index (κ2) is 5.67. The van der Waals surface area contributed by atoms with Gasteiger partial charge >= 0.3 is 0 Å². The van der Waals surface area contributed by atoms with Crippen LogP contribution >= 0.6 is 24.2 Å². The van der Waals surface area contributed by atoms with E-state index in [1.165, 1.54) is 0 Å². The molecule has 0 saturated heterocycles. The van der Waals surface area contributed by atoms with Crippen LogP contribution in [0.1, 0.15) is 20.8 Å². The number of hydrogen-bond donors (Lipinski definition) is 0. The molecule has 0 amide bonds. The third kappa shape index (κ3) is 4.69. The second-order valence-corrected chi connectivity index (χ2v) is 2.24. The summed E-state index contributed by atoms with van der Waals surface area (Å²) in [6, 6.07) is 0.465. The Balaban J connectivity index is 0. The average Bonchev–Trinajstić information content (AvgIpc) is 1.65. The SMILES string of the molecule is CCN(Cl)C(C)C.Cl. The molecule has 0 aromatic heterocycles. The van der Waals surface area contributed by atoms with E-state index < -0.39 is 0 Å². The minimum atomic E-state index is 0. The van der Waals surface area contributed by atoms with Gasteiger partial charge in [0.05, 0.1) is 0 Å². The Kier molecular flexibility index (Phi) is 8.05. The molecule has 0 atom stereocenters. The van der Waals surface area contributed by atoms with Gasteiger partial charge in [0.25, 0.3) is 0 Å². The van der Waals surface area contributed by atoms with Crippen LogP contribution in [0, 0.1) is 0 Å². The van der Waals surface area contributed by atoms with E-state index in [4.69, 9.17) is 11.8 Å². The summed E-state index contributed by atoms with van der Waals surface area (Å²) in [6.45, 7) is 7.08. The highest BCUT2D eigenvalue weighted by Crippen LogP contribution is 1.98. The van der Waals surface area contributed by atoms with E-state index in [1.54, 1.807) is 4.42 Å². The molecule has 0 N–H and O–H groups in total. The Morgan fingerprint density at radius 1 is 1.50 bits per heavy atom. The van der Waals surface area contributed by atoms with Gasteiger partial charge in [-0.05, 0) is 25.6 Å². The molecule has 0 aromatic rings. The van der Waals surface area contributed by atoms with Crippen molar-refractivity contribution in [2.45, 2.75) is 26.8 Å². The van der Waals surface area contributed by atoms with Crippen LogP contribution in [-0.2, 0) is 0 Å². The van der Waals surface area contributed by atoms with Crippen LogP contribution in [0.15, 0.2) is 0 Å². The van der Waals surface area contributed by atoms with Crippen molar-refractivity contribution in [2.24, 2.45) is 0 Å². The molecule has 0 spiro atoms. The Morgan fingerprint density at radius 3 is 1.88 bits per heavy atom. The quantitative estimate of drug-likeness (QED) is 0.557. The number of nitrogens with zero attached hydrogens (tertiary/aromatic N) is 1. The fourth-order valence-electron chi connectivity index (χ4n) is 0.365. The van der Waals surface area contributed by atoms with Crippen molar-refractivity contribution in [3.05, 3.63) is 0 Å². The first kappa shape index (κ1) is 11.4. The van der Waals surface area contributed by atoms with Gasteiger partial charge < -0.3 is 0 Å². The van der Waals surface area contributed by atoms with Gasteiger partial charge in [0.1, 0.15) is 0 Å². The molecule has 0 fully saturated rings. The molecule has 0 rings (SSSR count). The zero-order valence-corrected chi connectivity index (χ0v) is 7.09. The minimum absolute atomic E-state index is 0. The van der Waals surface area contributed by atoms with Crippen LogP contribution in [0.3, 0.4) is 0 Å². The summed E-state index contributed by atoms with van der Waals surface area (Å²) in [5, 5.41) is 0. The molecular formula is C5H13Cl2N. The monoisotopic (exact) mass is 157 g/mol. The van der Waals surface area contributed by atoms with Gasteiger partial charge in [-0.3, -0.25) is 0 Å². The van der Waals surface area contributed by atoms with Crippen LogP contribution < -0.4 is 0 Å². The Bertz CT molecular complexity index is 47.7. The van der Waals surface area contributed by atoms with E-state index in [0.717, 1.165) is 6.54 Å². The molecule has 0 aliphatic rings. The summed E-state index contributed by atoms with van der Waals surface area (Å²) in [4.78, 5) is 0. The van der Waals surface area contributed by atoms with Crippen LogP contribution in [0.5, 0.6) is 0 Å². The van der Waals surface area contributed by atoms with Crippen LogP contribution in [-0.4, -0.2) is 17.0 Å². The Morgan fingerprint density at radius 2 is 1.88 bits per heavy atom. The fraction of sp³-hybridized carbons (Fsp3) is 1.00. The van der Waals surface area contributed by atoms with Gasteiger partial charge in [-0.15, -0.1) is 12.4 Å². The molecule has 0 aliphatic heterocycles. The lowest BCUT2D eigenvalue weighted by Gasteiger charge is -2.13.